The van der Waals surface area contributed by atoms with Gasteiger partial charge in [0.15, 0.2) is 11.5 Å². The second-order valence-electron chi connectivity index (χ2n) is 6.64. The molecule has 7 heteroatoms. The predicted molar refractivity (Wildman–Crippen MR) is 104 cm³/mol. The van der Waals surface area contributed by atoms with E-state index in [9.17, 15) is 19.5 Å². The fraction of sp³-hybridized carbons (Fsp3) is 0.190. The summed E-state index contributed by atoms with van der Waals surface area (Å²) in [4.78, 5) is 38.7. The monoisotopic (exact) mass is 380 g/mol. The van der Waals surface area contributed by atoms with E-state index in [2.05, 4.69) is 5.32 Å². The zero-order chi connectivity index (χ0) is 20.6. The van der Waals surface area contributed by atoms with Crippen LogP contribution in [0.15, 0.2) is 35.9 Å². The van der Waals surface area contributed by atoms with Crippen LogP contribution in [-0.2, 0) is 9.59 Å². The number of imide groups is 2. The van der Waals surface area contributed by atoms with Crippen molar-refractivity contribution in [3.05, 3.63) is 58.2 Å². The third-order valence-corrected chi connectivity index (χ3v) is 4.47. The minimum Gasteiger partial charge on any atom is -0.504 e. The Morgan fingerprint density at radius 1 is 1.04 bits per heavy atom. The van der Waals surface area contributed by atoms with Gasteiger partial charge in [0.2, 0.25) is 0 Å². The van der Waals surface area contributed by atoms with E-state index in [0.717, 1.165) is 21.6 Å². The van der Waals surface area contributed by atoms with Crippen molar-refractivity contribution in [2.24, 2.45) is 0 Å². The molecule has 0 radical (unpaired) electrons. The number of aromatic hydroxyl groups is 1. The Bertz CT molecular complexity index is 1020. The zero-order valence-corrected chi connectivity index (χ0v) is 16.0. The van der Waals surface area contributed by atoms with Crippen LogP contribution in [0.1, 0.15) is 22.3 Å². The highest BCUT2D eigenvalue weighted by molar-refractivity contribution is 6.39. The molecule has 0 unspecified atom stereocenters. The summed E-state index contributed by atoms with van der Waals surface area (Å²) in [6, 6.07) is 7.42. The number of anilines is 1. The molecule has 2 aromatic carbocycles. The maximum absolute atomic E-state index is 13.0. The molecule has 2 aromatic rings. The van der Waals surface area contributed by atoms with E-state index in [1.165, 1.54) is 25.3 Å². The number of hydrogen-bond acceptors (Lipinski definition) is 5. The van der Waals surface area contributed by atoms with Crippen LogP contribution >= 0.6 is 0 Å². The summed E-state index contributed by atoms with van der Waals surface area (Å²) in [5, 5.41) is 12.1. The molecule has 0 aliphatic carbocycles. The van der Waals surface area contributed by atoms with Crippen molar-refractivity contribution in [2.45, 2.75) is 20.8 Å². The summed E-state index contributed by atoms with van der Waals surface area (Å²) in [6.45, 7) is 5.53. The van der Waals surface area contributed by atoms with Crippen LogP contribution < -0.4 is 15.0 Å². The summed E-state index contributed by atoms with van der Waals surface area (Å²) >= 11 is 0. The molecule has 3 rings (SSSR count). The molecular formula is C21H20N2O5. The van der Waals surface area contributed by atoms with Gasteiger partial charge in [-0.2, -0.15) is 0 Å². The maximum Gasteiger partial charge on any atom is 0.335 e. The quantitative estimate of drug-likeness (QED) is 0.630. The third-order valence-electron chi connectivity index (χ3n) is 4.47. The Morgan fingerprint density at radius 3 is 2.25 bits per heavy atom. The number of benzene rings is 2. The Kier molecular flexibility index (Phi) is 4.92. The van der Waals surface area contributed by atoms with Crippen molar-refractivity contribution in [1.82, 2.24) is 5.32 Å². The van der Waals surface area contributed by atoms with Gasteiger partial charge in [0.1, 0.15) is 5.57 Å². The second-order valence-corrected chi connectivity index (χ2v) is 6.64. The molecule has 1 heterocycles. The molecule has 1 aliphatic rings. The van der Waals surface area contributed by atoms with E-state index in [0.29, 0.717) is 11.3 Å². The van der Waals surface area contributed by atoms with Gasteiger partial charge >= 0.3 is 6.03 Å². The van der Waals surface area contributed by atoms with Gasteiger partial charge in [0.05, 0.1) is 12.8 Å². The number of aryl methyl sites for hydroxylation is 3. The molecule has 7 nitrogen and oxygen atoms in total. The smallest absolute Gasteiger partial charge is 0.335 e. The molecule has 28 heavy (non-hydrogen) atoms. The van der Waals surface area contributed by atoms with Crippen molar-refractivity contribution in [3.63, 3.8) is 0 Å². The molecule has 144 valence electrons. The van der Waals surface area contributed by atoms with Gasteiger partial charge in [0, 0.05) is 0 Å². The summed E-state index contributed by atoms with van der Waals surface area (Å²) in [5.74, 6) is -1.37. The van der Waals surface area contributed by atoms with Gasteiger partial charge in [-0.05, 0) is 55.7 Å². The molecule has 1 fully saturated rings. The predicted octanol–water partition coefficient (Wildman–Crippen LogP) is 2.99. The van der Waals surface area contributed by atoms with Crippen molar-refractivity contribution in [2.75, 3.05) is 12.0 Å². The van der Waals surface area contributed by atoms with Crippen LogP contribution in [0.2, 0.25) is 0 Å². The highest BCUT2D eigenvalue weighted by atomic mass is 16.5. The Labute approximate surface area is 162 Å². The first-order valence-electron chi connectivity index (χ1n) is 8.59. The first-order valence-corrected chi connectivity index (χ1v) is 8.59. The topological polar surface area (TPSA) is 95.9 Å². The highest BCUT2D eigenvalue weighted by Gasteiger charge is 2.38. The fourth-order valence-electron chi connectivity index (χ4n) is 3.35. The van der Waals surface area contributed by atoms with Crippen molar-refractivity contribution < 1.29 is 24.2 Å². The molecule has 0 spiro atoms. The van der Waals surface area contributed by atoms with Crippen molar-refractivity contribution in [3.8, 4) is 11.5 Å². The van der Waals surface area contributed by atoms with Crippen LogP contribution in [0.25, 0.3) is 6.08 Å². The molecule has 0 bridgehead atoms. The minimum absolute atomic E-state index is 0.126. The van der Waals surface area contributed by atoms with Crippen LogP contribution in [0, 0.1) is 20.8 Å². The van der Waals surface area contributed by atoms with E-state index in [1.54, 1.807) is 19.9 Å². The zero-order valence-electron chi connectivity index (χ0n) is 16.0. The van der Waals surface area contributed by atoms with Crippen LogP contribution in [0.3, 0.4) is 0 Å². The summed E-state index contributed by atoms with van der Waals surface area (Å²) in [6.07, 6.45) is 1.33. The number of phenols is 1. The van der Waals surface area contributed by atoms with E-state index >= 15 is 0 Å². The lowest BCUT2D eigenvalue weighted by Gasteiger charge is -2.29. The maximum atomic E-state index is 13.0. The molecule has 1 aliphatic heterocycles. The highest BCUT2D eigenvalue weighted by Crippen LogP contribution is 2.31. The molecule has 0 atom stereocenters. The number of hydrogen-bond donors (Lipinski definition) is 2. The number of amides is 4. The van der Waals surface area contributed by atoms with Gasteiger partial charge in [-0.15, -0.1) is 0 Å². The van der Waals surface area contributed by atoms with Crippen LogP contribution in [0.4, 0.5) is 10.5 Å². The van der Waals surface area contributed by atoms with E-state index in [4.69, 9.17) is 4.74 Å². The van der Waals surface area contributed by atoms with E-state index < -0.39 is 17.8 Å². The van der Waals surface area contributed by atoms with Crippen LogP contribution in [0.5, 0.6) is 11.5 Å². The number of ether oxygens (including phenoxy) is 1. The minimum atomic E-state index is -0.792. The third kappa shape index (κ3) is 3.34. The average molecular weight is 380 g/mol. The lowest BCUT2D eigenvalue weighted by Crippen LogP contribution is -2.54. The lowest BCUT2D eigenvalue weighted by atomic mass is 10.0. The number of methoxy groups -OCH3 is 1. The molecule has 1 saturated heterocycles. The molecular weight excluding hydrogens is 360 g/mol. The number of carbonyl (C=O) groups is 3. The number of rotatable bonds is 3. The molecule has 0 aromatic heterocycles. The SMILES string of the molecule is COc1ccc(/C=C2\C(=O)NC(=O)N(c3c(C)cc(C)cc3C)C2=O)cc1O. The van der Waals surface area contributed by atoms with Crippen molar-refractivity contribution in [1.29, 1.82) is 0 Å². The van der Waals surface area contributed by atoms with Gasteiger partial charge < -0.3 is 9.84 Å². The Balaban J connectivity index is 2.07. The number of barbiturate groups is 1. The fourth-order valence-corrected chi connectivity index (χ4v) is 3.35. The number of phenolic OH excluding ortho intramolecular Hbond substituents is 1. The second kappa shape index (κ2) is 7.19. The molecule has 2 N–H and O–H groups in total. The van der Waals surface area contributed by atoms with Gasteiger partial charge in [-0.25, -0.2) is 9.69 Å². The van der Waals surface area contributed by atoms with Crippen molar-refractivity contribution >= 4 is 29.6 Å². The summed E-state index contributed by atoms with van der Waals surface area (Å²) in [7, 11) is 1.42. The average Bonchev–Trinajstić information content (AvgIpc) is 2.60. The molecule has 0 saturated carbocycles. The molecule has 4 amide bonds. The first kappa shape index (κ1) is 19.2. The Morgan fingerprint density at radius 2 is 1.68 bits per heavy atom. The largest absolute Gasteiger partial charge is 0.504 e. The van der Waals surface area contributed by atoms with E-state index in [-0.39, 0.29) is 17.1 Å². The van der Waals surface area contributed by atoms with Gasteiger partial charge in [-0.3, -0.25) is 14.9 Å². The number of nitrogens with zero attached hydrogens (tertiary/aromatic N) is 1. The van der Waals surface area contributed by atoms with Gasteiger partial charge in [0.25, 0.3) is 11.8 Å². The summed E-state index contributed by atoms with van der Waals surface area (Å²) in [5.41, 5.74) is 3.16. The number of carbonyl (C=O) groups excluding carboxylic acids is 3. The van der Waals surface area contributed by atoms with Crippen LogP contribution in [-0.4, -0.2) is 30.1 Å². The van der Waals surface area contributed by atoms with Gasteiger partial charge in [-0.1, -0.05) is 23.8 Å². The first-order chi connectivity index (χ1) is 13.2. The standard InChI is InChI=1S/C21H20N2O5/c1-11-7-12(2)18(13(3)8-11)23-20(26)15(19(25)22-21(23)27)9-14-5-6-17(28-4)16(24)10-14/h5-10,24H,1-4H3,(H,22,25,27)/b15-9+. The summed E-state index contributed by atoms with van der Waals surface area (Å²) < 4.78 is 4.99. The number of urea groups is 1. The Hall–Kier alpha value is -3.61. The lowest BCUT2D eigenvalue weighted by molar-refractivity contribution is -0.122. The number of nitrogens with one attached hydrogen (secondary N) is 1. The normalized spacial score (nSPS) is 15.8. The van der Waals surface area contributed by atoms with E-state index in [1.807, 2.05) is 19.1 Å².